The smallest absolute Gasteiger partial charge is 0.391 e. The molecule has 0 radical (unpaired) electrons. The maximum atomic E-state index is 12.0. The van der Waals surface area contributed by atoms with Gasteiger partial charge in [0.25, 0.3) is 0 Å². The predicted octanol–water partition coefficient (Wildman–Crippen LogP) is 2.80. The van der Waals surface area contributed by atoms with Crippen LogP contribution in [0.4, 0.5) is 13.2 Å². The Kier molecular flexibility index (Phi) is 5.56. The van der Waals surface area contributed by atoms with Crippen LogP contribution in [0.2, 0.25) is 0 Å². The van der Waals surface area contributed by atoms with E-state index in [9.17, 15) is 13.2 Å². The highest BCUT2D eigenvalue weighted by Gasteiger charge is 2.26. The van der Waals surface area contributed by atoms with Crippen LogP contribution in [0.1, 0.15) is 17.5 Å². The second kappa shape index (κ2) is 6.72. The molecule has 106 valence electrons. The molecule has 1 aromatic carbocycles. The summed E-state index contributed by atoms with van der Waals surface area (Å²) in [5, 5.41) is 0. The Morgan fingerprint density at radius 1 is 1.37 bits per heavy atom. The molecule has 0 amide bonds. The molecule has 7 heteroatoms. The molecule has 0 aliphatic carbocycles. The average molecular weight is 293 g/mol. The largest absolute Gasteiger partial charge is 0.496 e. The SMILES string of the molecule is COc1ccc(C(N)=S)cc1COCCC(F)(F)F. The van der Waals surface area contributed by atoms with E-state index in [2.05, 4.69) is 0 Å². The summed E-state index contributed by atoms with van der Waals surface area (Å²) in [4.78, 5) is 0.208. The van der Waals surface area contributed by atoms with Crippen molar-refractivity contribution in [3.8, 4) is 5.75 Å². The molecule has 0 aromatic heterocycles. The van der Waals surface area contributed by atoms with Crippen molar-refractivity contribution in [1.82, 2.24) is 0 Å². The number of rotatable bonds is 6. The van der Waals surface area contributed by atoms with E-state index in [0.29, 0.717) is 16.9 Å². The summed E-state index contributed by atoms with van der Waals surface area (Å²) in [6.45, 7) is -0.389. The molecule has 0 atom stereocenters. The predicted molar refractivity (Wildman–Crippen MR) is 69.2 cm³/mol. The van der Waals surface area contributed by atoms with Gasteiger partial charge in [0.2, 0.25) is 0 Å². The van der Waals surface area contributed by atoms with Gasteiger partial charge in [0.05, 0.1) is 26.7 Å². The Morgan fingerprint density at radius 3 is 2.58 bits per heavy atom. The maximum Gasteiger partial charge on any atom is 0.391 e. The zero-order valence-corrected chi connectivity index (χ0v) is 11.1. The molecule has 3 nitrogen and oxygen atoms in total. The van der Waals surface area contributed by atoms with Crippen molar-refractivity contribution in [2.45, 2.75) is 19.2 Å². The lowest BCUT2D eigenvalue weighted by Crippen LogP contribution is -2.12. The van der Waals surface area contributed by atoms with Gasteiger partial charge in [-0.1, -0.05) is 12.2 Å². The summed E-state index contributed by atoms with van der Waals surface area (Å²) < 4.78 is 46.0. The van der Waals surface area contributed by atoms with Crippen LogP contribution in [0, 0.1) is 0 Å². The van der Waals surface area contributed by atoms with Gasteiger partial charge < -0.3 is 15.2 Å². The monoisotopic (exact) mass is 293 g/mol. The normalized spacial score (nSPS) is 11.4. The lowest BCUT2D eigenvalue weighted by molar-refractivity contribution is -0.146. The molecule has 0 aliphatic rings. The average Bonchev–Trinajstić information content (AvgIpc) is 2.33. The lowest BCUT2D eigenvalue weighted by atomic mass is 10.1. The Hall–Kier alpha value is -1.34. The number of ether oxygens (including phenoxy) is 2. The van der Waals surface area contributed by atoms with Gasteiger partial charge in [-0.05, 0) is 18.2 Å². The van der Waals surface area contributed by atoms with Gasteiger partial charge in [0.15, 0.2) is 0 Å². The molecule has 0 bridgehead atoms. The minimum absolute atomic E-state index is 0.00963. The number of halogens is 3. The van der Waals surface area contributed by atoms with Crippen LogP contribution in [0.5, 0.6) is 5.75 Å². The first-order valence-corrected chi connectivity index (χ1v) is 5.85. The van der Waals surface area contributed by atoms with Gasteiger partial charge in [-0.2, -0.15) is 13.2 Å². The molecular formula is C12H14F3NO2S. The highest BCUT2D eigenvalue weighted by atomic mass is 32.1. The van der Waals surface area contributed by atoms with Crippen molar-refractivity contribution >= 4 is 17.2 Å². The fraction of sp³-hybridized carbons (Fsp3) is 0.417. The molecule has 0 saturated carbocycles. The highest BCUT2D eigenvalue weighted by Crippen LogP contribution is 2.22. The first kappa shape index (κ1) is 15.7. The molecule has 0 heterocycles. The number of hydrogen-bond donors (Lipinski definition) is 1. The third-order valence-corrected chi connectivity index (χ3v) is 2.59. The van der Waals surface area contributed by atoms with Crippen LogP contribution in [0.15, 0.2) is 18.2 Å². The summed E-state index contributed by atoms with van der Waals surface area (Å²) in [5.74, 6) is 0.520. The van der Waals surface area contributed by atoms with Crippen molar-refractivity contribution in [3.63, 3.8) is 0 Å². The van der Waals surface area contributed by atoms with E-state index >= 15 is 0 Å². The minimum Gasteiger partial charge on any atom is -0.496 e. The van der Waals surface area contributed by atoms with Crippen molar-refractivity contribution in [1.29, 1.82) is 0 Å². The molecule has 0 saturated heterocycles. The van der Waals surface area contributed by atoms with Gasteiger partial charge in [-0.3, -0.25) is 0 Å². The molecule has 0 fully saturated rings. The fourth-order valence-corrected chi connectivity index (χ4v) is 1.54. The maximum absolute atomic E-state index is 12.0. The zero-order valence-electron chi connectivity index (χ0n) is 10.3. The van der Waals surface area contributed by atoms with Crippen LogP contribution >= 0.6 is 12.2 Å². The van der Waals surface area contributed by atoms with Crippen molar-refractivity contribution in [2.75, 3.05) is 13.7 Å². The molecule has 0 spiro atoms. The Balaban J connectivity index is 2.65. The van der Waals surface area contributed by atoms with Gasteiger partial charge in [0, 0.05) is 11.1 Å². The van der Waals surface area contributed by atoms with E-state index < -0.39 is 19.2 Å². The van der Waals surface area contributed by atoms with Crippen LogP contribution < -0.4 is 10.5 Å². The summed E-state index contributed by atoms with van der Waals surface area (Å²) in [6, 6.07) is 4.98. The van der Waals surface area contributed by atoms with Gasteiger partial charge in [-0.15, -0.1) is 0 Å². The van der Waals surface area contributed by atoms with E-state index in [4.69, 9.17) is 27.4 Å². The van der Waals surface area contributed by atoms with E-state index in [1.807, 2.05) is 0 Å². The van der Waals surface area contributed by atoms with Crippen LogP contribution in [-0.2, 0) is 11.3 Å². The number of benzene rings is 1. The topological polar surface area (TPSA) is 44.5 Å². The summed E-state index contributed by atoms with van der Waals surface area (Å²) in [5.41, 5.74) is 6.71. The van der Waals surface area contributed by atoms with Crippen LogP contribution in [0.25, 0.3) is 0 Å². The molecule has 1 aromatic rings. The Morgan fingerprint density at radius 2 is 2.05 bits per heavy atom. The molecule has 19 heavy (non-hydrogen) atoms. The number of nitrogens with two attached hydrogens (primary N) is 1. The van der Waals surface area contributed by atoms with Crippen molar-refractivity contribution in [2.24, 2.45) is 5.73 Å². The van der Waals surface area contributed by atoms with Gasteiger partial charge in [-0.25, -0.2) is 0 Å². The van der Waals surface area contributed by atoms with E-state index in [-0.39, 0.29) is 11.6 Å². The quantitative estimate of drug-likeness (QED) is 0.647. The molecule has 0 unspecified atom stereocenters. The molecular weight excluding hydrogens is 279 g/mol. The Labute approximate surface area is 114 Å². The molecule has 1 rings (SSSR count). The second-order valence-corrected chi connectivity index (χ2v) is 4.25. The van der Waals surface area contributed by atoms with Crippen molar-refractivity contribution in [3.05, 3.63) is 29.3 Å². The number of hydrogen-bond acceptors (Lipinski definition) is 3. The zero-order chi connectivity index (χ0) is 14.5. The first-order chi connectivity index (χ1) is 8.83. The number of alkyl halides is 3. The van der Waals surface area contributed by atoms with Crippen molar-refractivity contribution < 1.29 is 22.6 Å². The van der Waals surface area contributed by atoms with E-state index in [0.717, 1.165) is 0 Å². The molecule has 2 N–H and O–H groups in total. The Bertz CT molecular complexity index is 449. The van der Waals surface area contributed by atoms with Crippen LogP contribution in [-0.4, -0.2) is 24.9 Å². The van der Waals surface area contributed by atoms with Gasteiger partial charge >= 0.3 is 6.18 Å². The third kappa shape index (κ3) is 5.44. The second-order valence-electron chi connectivity index (χ2n) is 3.81. The fourth-order valence-electron chi connectivity index (χ4n) is 1.41. The molecule has 0 aliphatic heterocycles. The highest BCUT2D eigenvalue weighted by molar-refractivity contribution is 7.80. The van der Waals surface area contributed by atoms with E-state index in [1.54, 1.807) is 18.2 Å². The number of thiocarbonyl (C=S) groups is 1. The van der Waals surface area contributed by atoms with Crippen LogP contribution in [0.3, 0.4) is 0 Å². The summed E-state index contributed by atoms with van der Waals surface area (Å²) in [7, 11) is 1.47. The number of methoxy groups -OCH3 is 1. The third-order valence-electron chi connectivity index (χ3n) is 2.35. The lowest BCUT2D eigenvalue weighted by Gasteiger charge is -2.11. The first-order valence-electron chi connectivity index (χ1n) is 5.44. The standard InChI is InChI=1S/C12H14F3NO2S/c1-17-10-3-2-8(11(16)19)6-9(10)7-18-5-4-12(13,14)15/h2-3,6H,4-5,7H2,1H3,(H2,16,19). The van der Waals surface area contributed by atoms with E-state index in [1.165, 1.54) is 7.11 Å². The summed E-state index contributed by atoms with van der Waals surface area (Å²) >= 11 is 4.83. The van der Waals surface area contributed by atoms with Gasteiger partial charge in [0.1, 0.15) is 10.7 Å². The summed E-state index contributed by atoms with van der Waals surface area (Å²) in [6.07, 6.45) is -5.20. The minimum atomic E-state index is -4.22.